The summed E-state index contributed by atoms with van der Waals surface area (Å²) in [5, 5.41) is 4.95. The Kier molecular flexibility index (Phi) is 9.11. The Morgan fingerprint density at radius 3 is 1.26 bits per heavy atom. The van der Waals surface area contributed by atoms with Crippen LogP contribution in [0.3, 0.4) is 0 Å². The van der Waals surface area contributed by atoms with Crippen molar-refractivity contribution in [2.45, 2.75) is 82.2 Å². The summed E-state index contributed by atoms with van der Waals surface area (Å²) in [6, 6.07) is -0.390. The lowest BCUT2D eigenvalue weighted by Crippen LogP contribution is -2.40. The Labute approximate surface area is 176 Å². The molecule has 2 aliphatic carbocycles. The van der Waals surface area contributed by atoms with Crippen molar-refractivity contribution in [3.63, 3.8) is 0 Å². The van der Waals surface area contributed by atoms with Gasteiger partial charge >= 0.3 is 24.5 Å². The molecule has 0 spiro atoms. The fourth-order valence-electron chi connectivity index (χ4n) is 4.27. The second kappa shape index (κ2) is 11.1. The molecule has 0 aromatic heterocycles. The first kappa shape index (κ1) is 25.4. The van der Waals surface area contributed by atoms with Crippen molar-refractivity contribution < 1.29 is 45.4 Å². The fraction of sp³-hybridized carbons (Fsp3) is 0.895. The summed E-state index contributed by atoms with van der Waals surface area (Å²) in [7, 11) is 0. The molecule has 0 aliphatic heterocycles. The number of rotatable bonds is 6. The van der Waals surface area contributed by atoms with E-state index in [4.69, 9.17) is 0 Å². The van der Waals surface area contributed by atoms with Crippen molar-refractivity contribution in [2.75, 3.05) is 13.2 Å². The highest BCUT2D eigenvalue weighted by molar-refractivity contribution is 5.68. The molecule has 0 radical (unpaired) electrons. The summed E-state index contributed by atoms with van der Waals surface area (Å²) >= 11 is 0. The predicted octanol–water partition coefficient (Wildman–Crippen LogP) is 5.07. The van der Waals surface area contributed by atoms with Gasteiger partial charge in [0.2, 0.25) is 0 Å². The second-order valence-corrected chi connectivity index (χ2v) is 8.34. The Morgan fingerprint density at radius 1 is 0.645 bits per heavy atom. The molecule has 0 aromatic rings. The molecule has 2 N–H and O–H groups in total. The van der Waals surface area contributed by atoms with E-state index < -0.39 is 37.8 Å². The molecular weight excluding hydrogens is 434 g/mol. The number of amides is 2. The van der Waals surface area contributed by atoms with E-state index in [1.807, 2.05) is 0 Å². The van der Waals surface area contributed by atoms with Crippen molar-refractivity contribution in [3.8, 4) is 0 Å². The number of carbonyl (C=O) groups excluding carboxylic acids is 2. The van der Waals surface area contributed by atoms with Crippen molar-refractivity contribution in [3.05, 3.63) is 0 Å². The molecule has 31 heavy (non-hydrogen) atoms. The topological polar surface area (TPSA) is 76.7 Å². The summed E-state index contributed by atoms with van der Waals surface area (Å²) in [5.41, 5.74) is 0. The van der Waals surface area contributed by atoms with Crippen LogP contribution in [0.25, 0.3) is 0 Å². The van der Waals surface area contributed by atoms with Gasteiger partial charge in [0.1, 0.15) is 0 Å². The number of nitrogens with one attached hydrogen (secondary N) is 2. The van der Waals surface area contributed by atoms with Crippen LogP contribution in [0.2, 0.25) is 0 Å². The second-order valence-electron chi connectivity index (χ2n) is 8.34. The highest BCUT2D eigenvalue weighted by Crippen LogP contribution is 2.35. The smallest absolute Gasteiger partial charge is 0.422 e. The zero-order valence-electron chi connectivity index (χ0n) is 17.0. The van der Waals surface area contributed by atoms with E-state index in [9.17, 15) is 35.9 Å². The molecular formula is C19H28F6N2O4. The van der Waals surface area contributed by atoms with Crippen molar-refractivity contribution >= 4 is 12.2 Å². The van der Waals surface area contributed by atoms with Crippen LogP contribution in [0.4, 0.5) is 35.9 Å². The van der Waals surface area contributed by atoms with E-state index >= 15 is 0 Å². The maximum Gasteiger partial charge on any atom is 0.422 e. The molecule has 12 heteroatoms. The lowest BCUT2D eigenvalue weighted by molar-refractivity contribution is -0.160. The van der Waals surface area contributed by atoms with Crippen molar-refractivity contribution in [2.24, 2.45) is 11.8 Å². The zero-order chi connectivity index (χ0) is 23.1. The lowest BCUT2D eigenvalue weighted by atomic mass is 9.76. The SMILES string of the molecule is O=C(NC1CCC(CC2CCC(NC(=O)OCC(F)(F)F)CC2)CC1)OCC(F)(F)F. The Balaban J connectivity index is 1.58. The average molecular weight is 462 g/mol. The van der Waals surface area contributed by atoms with Crippen LogP contribution in [0, 0.1) is 11.8 Å². The molecule has 2 saturated carbocycles. The summed E-state index contributed by atoms with van der Waals surface area (Å²) in [6.45, 7) is -3.21. The summed E-state index contributed by atoms with van der Waals surface area (Å²) in [4.78, 5) is 22.9. The van der Waals surface area contributed by atoms with E-state index in [0.717, 1.165) is 32.1 Å². The number of hydrogen-bond donors (Lipinski definition) is 2. The van der Waals surface area contributed by atoms with Gasteiger partial charge in [-0.3, -0.25) is 0 Å². The third-order valence-corrected chi connectivity index (χ3v) is 5.74. The van der Waals surface area contributed by atoms with E-state index in [0.29, 0.717) is 37.5 Å². The third kappa shape index (κ3) is 10.8. The standard InChI is InChI=1S/C19H28F6N2O4/c20-18(21,22)10-30-16(28)26-14-5-1-12(2-6-14)9-13-3-7-15(8-4-13)27-17(29)31-11-19(23,24)25/h12-15H,1-11H2,(H,26,28)(H,27,29). The number of halogens is 6. The lowest BCUT2D eigenvalue weighted by Gasteiger charge is -2.34. The van der Waals surface area contributed by atoms with Gasteiger partial charge in [0.05, 0.1) is 0 Å². The molecule has 2 fully saturated rings. The molecule has 180 valence electrons. The van der Waals surface area contributed by atoms with Crippen LogP contribution in [-0.2, 0) is 9.47 Å². The van der Waals surface area contributed by atoms with Gasteiger partial charge in [-0.05, 0) is 69.6 Å². The van der Waals surface area contributed by atoms with Crippen LogP contribution in [0.5, 0.6) is 0 Å². The molecule has 0 unspecified atom stereocenters. The summed E-state index contributed by atoms with van der Waals surface area (Å²) in [6.07, 6.45) is -4.11. The van der Waals surface area contributed by atoms with Gasteiger partial charge in [-0.2, -0.15) is 26.3 Å². The molecule has 0 atom stereocenters. The van der Waals surface area contributed by atoms with Crippen LogP contribution in [-0.4, -0.2) is 49.8 Å². The largest absolute Gasteiger partial charge is 0.440 e. The van der Waals surface area contributed by atoms with Crippen LogP contribution >= 0.6 is 0 Å². The van der Waals surface area contributed by atoms with E-state index in [1.165, 1.54) is 0 Å². The number of alkyl halides is 6. The highest BCUT2D eigenvalue weighted by atomic mass is 19.4. The first-order valence-corrected chi connectivity index (χ1v) is 10.4. The molecule has 0 aromatic carbocycles. The average Bonchev–Trinajstić information content (AvgIpc) is 2.67. The maximum atomic E-state index is 12.1. The van der Waals surface area contributed by atoms with Crippen LogP contribution in [0.1, 0.15) is 57.8 Å². The van der Waals surface area contributed by atoms with Crippen LogP contribution in [0.15, 0.2) is 0 Å². The highest BCUT2D eigenvalue weighted by Gasteiger charge is 2.32. The number of carbonyl (C=O) groups is 2. The molecule has 0 heterocycles. The van der Waals surface area contributed by atoms with Crippen molar-refractivity contribution in [1.82, 2.24) is 10.6 Å². The molecule has 6 nitrogen and oxygen atoms in total. The first-order valence-electron chi connectivity index (χ1n) is 10.4. The van der Waals surface area contributed by atoms with Gasteiger partial charge < -0.3 is 20.1 Å². The predicted molar refractivity (Wildman–Crippen MR) is 97.2 cm³/mol. The number of hydrogen-bond acceptors (Lipinski definition) is 4. The van der Waals surface area contributed by atoms with Gasteiger partial charge in [-0.1, -0.05) is 0 Å². The molecule has 2 rings (SSSR count). The minimum atomic E-state index is -4.55. The van der Waals surface area contributed by atoms with Gasteiger partial charge in [0.15, 0.2) is 13.2 Å². The van der Waals surface area contributed by atoms with Crippen molar-refractivity contribution in [1.29, 1.82) is 0 Å². The molecule has 0 saturated heterocycles. The van der Waals surface area contributed by atoms with E-state index in [2.05, 4.69) is 20.1 Å². The molecule has 2 aliphatic rings. The van der Waals surface area contributed by atoms with Gasteiger partial charge in [0.25, 0.3) is 0 Å². The van der Waals surface area contributed by atoms with Gasteiger partial charge in [0, 0.05) is 12.1 Å². The first-order chi connectivity index (χ1) is 14.4. The Hall–Kier alpha value is -1.88. The fourth-order valence-corrected chi connectivity index (χ4v) is 4.27. The zero-order valence-corrected chi connectivity index (χ0v) is 17.0. The monoisotopic (exact) mass is 462 g/mol. The Morgan fingerprint density at radius 2 is 0.968 bits per heavy atom. The summed E-state index contributed by atoms with van der Waals surface area (Å²) in [5.74, 6) is 0.908. The molecule has 2 amide bonds. The minimum Gasteiger partial charge on any atom is -0.440 e. The normalized spacial score (nSPS) is 27.3. The third-order valence-electron chi connectivity index (χ3n) is 5.74. The van der Waals surface area contributed by atoms with E-state index in [1.54, 1.807) is 0 Å². The van der Waals surface area contributed by atoms with Gasteiger partial charge in [-0.25, -0.2) is 9.59 Å². The van der Waals surface area contributed by atoms with E-state index in [-0.39, 0.29) is 12.1 Å². The van der Waals surface area contributed by atoms with Crippen LogP contribution < -0.4 is 10.6 Å². The minimum absolute atomic E-state index is 0.195. The maximum absolute atomic E-state index is 12.1. The quantitative estimate of drug-likeness (QED) is 0.541. The summed E-state index contributed by atoms with van der Waals surface area (Å²) < 4.78 is 80.7. The number of ether oxygens (including phenoxy) is 2. The van der Waals surface area contributed by atoms with Gasteiger partial charge in [-0.15, -0.1) is 0 Å². The Bertz CT molecular complexity index is 533. The molecule has 0 bridgehead atoms. The number of alkyl carbamates (subject to hydrolysis) is 2.